The van der Waals surface area contributed by atoms with Gasteiger partial charge in [0.2, 0.25) is 0 Å². The molecule has 0 atom stereocenters. The molecule has 0 fully saturated rings. The van der Waals surface area contributed by atoms with Crippen molar-refractivity contribution in [3.05, 3.63) is 35.4 Å². The van der Waals surface area contributed by atoms with Crippen molar-refractivity contribution in [1.82, 2.24) is 10.4 Å². The number of benzene rings is 1. The average Bonchev–Trinajstić information content (AvgIpc) is 2.66. The third kappa shape index (κ3) is 2.00. The fraction of sp³-hybridized carbons (Fsp3) is 0.364. The minimum atomic E-state index is 0.447. The Morgan fingerprint density at radius 3 is 2.93 bits per heavy atom. The maximum absolute atomic E-state index is 8.75. The van der Waals surface area contributed by atoms with Gasteiger partial charge in [0.25, 0.3) is 0 Å². The highest BCUT2D eigenvalue weighted by atomic mass is 16.5. The molecule has 4 nitrogen and oxygen atoms in total. The summed E-state index contributed by atoms with van der Waals surface area (Å²) in [4.78, 5) is 6.60. The zero-order valence-electron chi connectivity index (χ0n) is 8.77. The van der Waals surface area contributed by atoms with Crippen molar-refractivity contribution >= 4 is 5.84 Å². The van der Waals surface area contributed by atoms with Gasteiger partial charge in [-0.2, -0.15) is 0 Å². The first-order valence-electron chi connectivity index (χ1n) is 5.03. The summed E-state index contributed by atoms with van der Waals surface area (Å²) in [5.41, 5.74) is 4.35. The molecule has 1 aromatic carbocycles. The molecule has 0 aromatic heterocycles. The SMILES string of the molecule is CN1CCN=C1c1ccccc1CNO. The number of hydrogen-bond donors (Lipinski definition) is 2. The minimum Gasteiger partial charge on any atom is -0.358 e. The van der Waals surface area contributed by atoms with Crippen LogP contribution in [0.1, 0.15) is 11.1 Å². The van der Waals surface area contributed by atoms with Crippen molar-refractivity contribution in [2.45, 2.75) is 6.54 Å². The molecule has 0 saturated carbocycles. The summed E-state index contributed by atoms with van der Waals surface area (Å²) >= 11 is 0. The van der Waals surface area contributed by atoms with Gasteiger partial charge < -0.3 is 10.1 Å². The summed E-state index contributed by atoms with van der Waals surface area (Å²) in [6.07, 6.45) is 0. The fourth-order valence-corrected chi connectivity index (χ4v) is 1.80. The smallest absolute Gasteiger partial charge is 0.131 e. The molecule has 0 bridgehead atoms. The zero-order valence-corrected chi connectivity index (χ0v) is 8.77. The van der Waals surface area contributed by atoms with Crippen molar-refractivity contribution < 1.29 is 5.21 Å². The summed E-state index contributed by atoms with van der Waals surface area (Å²) in [6.45, 7) is 2.27. The van der Waals surface area contributed by atoms with Crippen LogP contribution < -0.4 is 5.48 Å². The summed E-state index contributed by atoms with van der Waals surface area (Å²) < 4.78 is 0. The number of nitrogens with zero attached hydrogens (tertiary/aromatic N) is 2. The van der Waals surface area contributed by atoms with Gasteiger partial charge in [0, 0.05) is 25.7 Å². The van der Waals surface area contributed by atoms with E-state index in [1.807, 2.05) is 31.3 Å². The third-order valence-electron chi connectivity index (χ3n) is 2.59. The van der Waals surface area contributed by atoms with Gasteiger partial charge in [0.15, 0.2) is 0 Å². The summed E-state index contributed by atoms with van der Waals surface area (Å²) in [5.74, 6) is 1.01. The van der Waals surface area contributed by atoms with Gasteiger partial charge in [0.05, 0.1) is 6.54 Å². The van der Waals surface area contributed by atoms with E-state index in [2.05, 4.69) is 15.4 Å². The third-order valence-corrected chi connectivity index (χ3v) is 2.59. The normalized spacial score (nSPS) is 15.6. The van der Waals surface area contributed by atoms with E-state index in [0.29, 0.717) is 6.54 Å². The van der Waals surface area contributed by atoms with Crippen LogP contribution in [0, 0.1) is 0 Å². The van der Waals surface area contributed by atoms with E-state index in [1.54, 1.807) is 0 Å². The van der Waals surface area contributed by atoms with Crippen LogP contribution in [0.4, 0.5) is 0 Å². The lowest BCUT2D eigenvalue weighted by atomic mass is 10.1. The van der Waals surface area contributed by atoms with E-state index in [0.717, 1.165) is 30.1 Å². The first kappa shape index (κ1) is 10.1. The Balaban J connectivity index is 2.34. The quantitative estimate of drug-likeness (QED) is 0.719. The highest BCUT2D eigenvalue weighted by Crippen LogP contribution is 2.14. The Morgan fingerprint density at radius 2 is 2.27 bits per heavy atom. The van der Waals surface area contributed by atoms with Gasteiger partial charge in [0.1, 0.15) is 5.84 Å². The molecule has 0 aliphatic carbocycles. The van der Waals surface area contributed by atoms with E-state index >= 15 is 0 Å². The Bertz CT molecular complexity index is 376. The number of amidine groups is 1. The predicted octanol–water partition coefficient (Wildman–Crippen LogP) is 0.857. The first-order chi connectivity index (χ1) is 7.33. The van der Waals surface area contributed by atoms with Crippen LogP contribution >= 0.6 is 0 Å². The van der Waals surface area contributed by atoms with Gasteiger partial charge in [-0.05, 0) is 5.56 Å². The Morgan fingerprint density at radius 1 is 1.47 bits per heavy atom. The van der Waals surface area contributed by atoms with Crippen LogP contribution in [-0.4, -0.2) is 36.1 Å². The monoisotopic (exact) mass is 205 g/mol. The molecule has 0 radical (unpaired) electrons. The lowest BCUT2D eigenvalue weighted by Crippen LogP contribution is -2.25. The molecule has 1 aliphatic rings. The summed E-state index contributed by atoms with van der Waals surface area (Å²) in [5, 5.41) is 8.75. The molecule has 80 valence electrons. The maximum atomic E-state index is 8.75. The van der Waals surface area contributed by atoms with E-state index in [9.17, 15) is 0 Å². The van der Waals surface area contributed by atoms with Crippen molar-refractivity contribution in [3.63, 3.8) is 0 Å². The molecule has 0 saturated heterocycles. The largest absolute Gasteiger partial charge is 0.358 e. The molecule has 1 heterocycles. The number of likely N-dealkylation sites (N-methyl/N-ethyl adjacent to an activating group) is 1. The Kier molecular flexibility index (Phi) is 2.99. The number of hydrogen-bond acceptors (Lipinski definition) is 4. The highest BCUT2D eigenvalue weighted by Gasteiger charge is 2.16. The maximum Gasteiger partial charge on any atom is 0.131 e. The van der Waals surface area contributed by atoms with E-state index in [1.165, 1.54) is 0 Å². The number of hydroxylamine groups is 1. The second-order valence-corrected chi connectivity index (χ2v) is 3.62. The molecule has 1 aliphatic heterocycles. The average molecular weight is 205 g/mol. The van der Waals surface area contributed by atoms with Crippen molar-refractivity contribution in [3.8, 4) is 0 Å². The lowest BCUT2D eigenvalue weighted by Gasteiger charge is -2.16. The van der Waals surface area contributed by atoms with Gasteiger partial charge in [-0.3, -0.25) is 4.99 Å². The zero-order chi connectivity index (χ0) is 10.7. The fourth-order valence-electron chi connectivity index (χ4n) is 1.80. The molecule has 1 aromatic rings. The molecule has 2 N–H and O–H groups in total. The Hall–Kier alpha value is -1.39. The number of aliphatic imine (C=N–C) groups is 1. The molecule has 4 heteroatoms. The lowest BCUT2D eigenvalue weighted by molar-refractivity contribution is 0.161. The molecule has 0 spiro atoms. The van der Waals surface area contributed by atoms with Gasteiger partial charge in [-0.1, -0.05) is 24.3 Å². The Labute approximate surface area is 89.2 Å². The number of nitrogens with one attached hydrogen (secondary N) is 1. The van der Waals surface area contributed by atoms with E-state index < -0.39 is 0 Å². The van der Waals surface area contributed by atoms with Crippen LogP contribution in [0.2, 0.25) is 0 Å². The van der Waals surface area contributed by atoms with Crippen LogP contribution in [0.15, 0.2) is 29.3 Å². The molecule has 15 heavy (non-hydrogen) atoms. The van der Waals surface area contributed by atoms with Gasteiger partial charge in [-0.15, -0.1) is 0 Å². The summed E-state index contributed by atoms with van der Waals surface area (Å²) in [7, 11) is 2.04. The van der Waals surface area contributed by atoms with Crippen molar-refractivity contribution in [2.24, 2.45) is 4.99 Å². The van der Waals surface area contributed by atoms with Crippen molar-refractivity contribution in [1.29, 1.82) is 0 Å². The molecule has 2 rings (SSSR count). The summed E-state index contributed by atoms with van der Waals surface area (Å²) in [6, 6.07) is 7.98. The molecular formula is C11H15N3O. The predicted molar refractivity (Wildman–Crippen MR) is 59.1 cm³/mol. The van der Waals surface area contributed by atoms with Crippen LogP contribution in [0.3, 0.4) is 0 Å². The van der Waals surface area contributed by atoms with E-state index in [-0.39, 0.29) is 0 Å². The van der Waals surface area contributed by atoms with Crippen LogP contribution in [0.5, 0.6) is 0 Å². The molecular weight excluding hydrogens is 190 g/mol. The molecule has 0 amide bonds. The standard InChI is InChI=1S/C11H15N3O/c1-14-7-6-12-11(14)10-5-3-2-4-9(10)8-13-15/h2-5,13,15H,6-8H2,1H3. The van der Waals surface area contributed by atoms with Gasteiger partial charge >= 0.3 is 0 Å². The molecule has 0 unspecified atom stereocenters. The second kappa shape index (κ2) is 4.42. The second-order valence-electron chi connectivity index (χ2n) is 3.62. The van der Waals surface area contributed by atoms with Crippen LogP contribution in [0.25, 0.3) is 0 Å². The van der Waals surface area contributed by atoms with Crippen molar-refractivity contribution in [2.75, 3.05) is 20.1 Å². The van der Waals surface area contributed by atoms with Crippen LogP contribution in [-0.2, 0) is 6.54 Å². The van der Waals surface area contributed by atoms with E-state index in [4.69, 9.17) is 5.21 Å². The highest BCUT2D eigenvalue weighted by molar-refractivity contribution is 6.00. The first-order valence-corrected chi connectivity index (χ1v) is 5.03. The number of rotatable bonds is 3. The van der Waals surface area contributed by atoms with Gasteiger partial charge in [-0.25, -0.2) is 5.48 Å². The minimum absolute atomic E-state index is 0.447. The topological polar surface area (TPSA) is 47.9 Å².